The zero-order valence-electron chi connectivity index (χ0n) is 11.8. The summed E-state index contributed by atoms with van der Waals surface area (Å²) in [5, 5.41) is 2.64. The van der Waals surface area contributed by atoms with E-state index in [1.165, 1.54) is 26.4 Å². The van der Waals surface area contributed by atoms with E-state index in [2.05, 4.69) is 10.1 Å². The standard InChI is InChI=1S/C13H18F2N2O4/c1-19-9-6-8(12(18)17-5-3-4-16)7-10(20-2)11(9)21-13(14)15/h6-7,13H,3-5,16H2,1-2H3,(H,17,18). The van der Waals surface area contributed by atoms with Crippen molar-refractivity contribution in [1.82, 2.24) is 5.32 Å². The summed E-state index contributed by atoms with van der Waals surface area (Å²) in [5.74, 6) is -0.672. The Balaban J connectivity index is 3.05. The summed E-state index contributed by atoms with van der Waals surface area (Å²) in [4.78, 5) is 11.9. The maximum absolute atomic E-state index is 12.4. The third kappa shape index (κ3) is 4.75. The van der Waals surface area contributed by atoms with Gasteiger partial charge in [0, 0.05) is 12.1 Å². The summed E-state index contributed by atoms with van der Waals surface area (Å²) < 4.78 is 39.1. The second-order valence-corrected chi connectivity index (χ2v) is 3.99. The second kappa shape index (κ2) is 8.25. The molecule has 0 aliphatic carbocycles. The van der Waals surface area contributed by atoms with Gasteiger partial charge in [-0.3, -0.25) is 4.79 Å². The molecule has 118 valence electrons. The van der Waals surface area contributed by atoms with Crippen LogP contribution < -0.4 is 25.3 Å². The average molecular weight is 304 g/mol. The lowest BCUT2D eigenvalue weighted by atomic mass is 10.1. The van der Waals surface area contributed by atoms with Crippen LogP contribution in [0.5, 0.6) is 17.2 Å². The Labute approximate surface area is 121 Å². The Morgan fingerprint density at radius 1 is 1.29 bits per heavy atom. The number of methoxy groups -OCH3 is 2. The van der Waals surface area contributed by atoms with Gasteiger partial charge in [-0.05, 0) is 25.1 Å². The van der Waals surface area contributed by atoms with E-state index < -0.39 is 6.61 Å². The first-order valence-electron chi connectivity index (χ1n) is 6.22. The van der Waals surface area contributed by atoms with Gasteiger partial charge in [-0.2, -0.15) is 8.78 Å². The summed E-state index contributed by atoms with van der Waals surface area (Å²) in [5.41, 5.74) is 5.54. The van der Waals surface area contributed by atoms with Gasteiger partial charge in [0.15, 0.2) is 11.5 Å². The van der Waals surface area contributed by atoms with Crippen molar-refractivity contribution >= 4 is 5.91 Å². The molecule has 1 rings (SSSR count). The van der Waals surface area contributed by atoms with Crippen molar-refractivity contribution in [1.29, 1.82) is 0 Å². The summed E-state index contributed by atoms with van der Waals surface area (Å²) in [7, 11) is 2.56. The quantitative estimate of drug-likeness (QED) is 0.709. The fourth-order valence-electron chi connectivity index (χ4n) is 1.62. The molecular formula is C13H18F2N2O4. The number of hydrogen-bond acceptors (Lipinski definition) is 5. The number of nitrogens with one attached hydrogen (secondary N) is 1. The van der Waals surface area contributed by atoms with Crippen LogP contribution in [0, 0.1) is 0 Å². The van der Waals surface area contributed by atoms with Crippen molar-refractivity contribution in [2.75, 3.05) is 27.3 Å². The van der Waals surface area contributed by atoms with Crippen molar-refractivity contribution in [3.05, 3.63) is 17.7 Å². The molecule has 8 heteroatoms. The summed E-state index contributed by atoms with van der Waals surface area (Å²) in [6.45, 7) is -2.17. The van der Waals surface area contributed by atoms with E-state index in [4.69, 9.17) is 15.2 Å². The van der Waals surface area contributed by atoms with Gasteiger partial charge in [0.2, 0.25) is 5.75 Å². The van der Waals surface area contributed by atoms with E-state index >= 15 is 0 Å². The zero-order chi connectivity index (χ0) is 15.8. The van der Waals surface area contributed by atoms with Crippen LogP contribution in [-0.4, -0.2) is 39.8 Å². The predicted molar refractivity (Wildman–Crippen MR) is 72.2 cm³/mol. The minimum absolute atomic E-state index is 0.0152. The molecule has 6 nitrogen and oxygen atoms in total. The molecule has 0 aromatic heterocycles. The largest absolute Gasteiger partial charge is 0.493 e. The highest BCUT2D eigenvalue weighted by molar-refractivity contribution is 5.95. The van der Waals surface area contributed by atoms with Crippen LogP contribution in [0.4, 0.5) is 8.78 Å². The molecule has 1 amide bonds. The van der Waals surface area contributed by atoms with Crippen LogP contribution in [0.15, 0.2) is 12.1 Å². The van der Waals surface area contributed by atoms with Crippen LogP contribution in [-0.2, 0) is 0 Å². The Hall–Kier alpha value is -2.09. The smallest absolute Gasteiger partial charge is 0.387 e. The highest BCUT2D eigenvalue weighted by Gasteiger charge is 2.20. The molecule has 0 aliphatic rings. The molecule has 0 fully saturated rings. The molecule has 0 radical (unpaired) electrons. The van der Waals surface area contributed by atoms with Crippen LogP contribution in [0.25, 0.3) is 0 Å². The highest BCUT2D eigenvalue weighted by atomic mass is 19.3. The third-order valence-corrected chi connectivity index (χ3v) is 2.60. The highest BCUT2D eigenvalue weighted by Crippen LogP contribution is 2.39. The van der Waals surface area contributed by atoms with Gasteiger partial charge in [-0.15, -0.1) is 0 Å². The lowest BCUT2D eigenvalue weighted by molar-refractivity contribution is -0.0526. The number of amides is 1. The molecule has 0 spiro atoms. The molecule has 0 unspecified atom stereocenters. The van der Waals surface area contributed by atoms with Gasteiger partial charge < -0.3 is 25.3 Å². The van der Waals surface area contributed by atoms with Crippen molar-refractivity contribution in [3.63, 3.8) is 0 Å². The Morgan fingerprint density at radius 2 is 1.86 bits per heavy atom. The minimum Gasteiger partial charge on any atom is -0.493 e. The molecule has 3 N–H and O–H groups in total. The number of nitrogens with two attached hydrogens (primary N) is 1. The summed E-state index contributed by atoms with van der Waals surface area (Å²) >= 11 is 0. The number of carbonyl (C=O) groups is 1. The first kappa shape index (κ1) is 17.0. The van der Waals surface area contributed by atoms with E-state index in [0.29, 0.717) is 19.5 Å². The number of carbonyl (C=O) groups excluding carboxylic acids is 1. The van der Waals surface area contributed by atoms with Crippen LogP contribution in [0.3, 0.4) is 0 Å². The van der Waals surface area contributed by atoms with Crippen molar-refractivity contribution < 1.29 is 27.8 Å². The van der Waals surface area contributed by atoms with Gasteiger partial charge in [0.05, 0.1) is 14.2 Å². The number of ether oxygens (including phenoxy) is 3. The molecule has 1 aromatic rings. The molecule has 0 atom stereocenters. The fraction of sp³-hybridized carbons (Fsp3) is 0.462. The van der Waals surface area contributed by atoms with Gasteiger partial charge >= 0.3 is 6.61 Å². The third-order valence-electron chi connectivity index (χ3n) is 2.60. The molecule has 0 heterocycles. The molecular weight excluding hydrogens is 286 g/mol. The summed E-state index contributed by atoms with van der Waals surface area (Å²) in [6, 6.07) is 2.61. The van der Waals surface area contributed by atoms with Crippen molar-refractivity contribution in [2.24, 2.45) is 5.73 Å². The van der Waals surface area contributed by atoms with Crippen molar-refractivity contribution in [3.8, 4) is 17.2 Å². The van der Waals surface area contributed by atoms with Crippen LogP contribution in [0.1, 0.15) is 16.8 Å². The van der Waals surface area contributed by atoms with Crippen LogP contribution >= 0.6 is 0 Å². The fourth-order valence-corrected chi connectivity index (χ4v) is 1.62. The molecule has 0 bridgehead atoms. The predicted octanol–water partition coefficient (Wildman–Crippen LogP) is 1.38. The SMILES string of the molecule is COc1cc(C(=O)NCCCN)cc(OC)c1OC(F)F. The van der Waals surface area contributed by atoms with E-state index in [1.54, 1.807) is 0 Å². The van der Waals surface area contributed by atoms with Gasteiger partial charge in [0.25, 0.3) is 5.91 Å². The Bertz CT molecular complexity index is 458. The minimum atomic E-state index is -3.03. The van der Waals surface area contributed by atoms with Gasteiger partial charge in [0.1, 0.15) is 0 Å². The number of benzene rings is 1. The van der Waals surface area contributed by atoms with Gasteiger partial charge in [-0.25, -0.2) is 0 Å². The number of hydrogen-bond donors (Lipinski definition) is 2. The Kier molecular flexibility index (Phi) is 6.67. The topological polar surface area (TPSA) is 82.8 Å². The lowest BCUT2D eigenvalue weighted by Crippen LogP contribution is -2.26. The number of alkyl halides is 2. The average Bonchev–Trinajstić information content (AvgIpc) is 2.46. The van der Waals surface area contributed by atoms with Gasteiger partial charge in [-0.1, -0.05) is 0 Å². The first-order valence-corrected chi connectivity index (χ1v) is 6.22. The number of halogens is 2. The molecule has 21 heavy (non-hydrogen) atoms. The first-order chi connectivity index (χ1) is 10.0. The number of rotatable bonds is 8. The van der Waals surface area contributed by atoms with E-state index in [-0.39, 0.29) is 28.7 Å². The normalized spacial score (nSPS) is 10.4. The molecule has 0 saturated heterocycles. The van der Waals surface area contributed by atoms with E-state index in [9.17, 15) is 13.6 Å². The second-order valence-electron chi connectivity index (χ2n) is 3.99. The maximum Gasteiger partial charge on any atom is 0.387 e. The zero-order valence-corrected chi connectivity index (χ0v) is 11.8. The van der Waals surface area contributed by atoms with E-state index in [0.717, 1.165) is 0 Å². The van der Waals surface area contributed by atoms with Crippen LogP contribution in [0.2, 0.25) is 0 Å². The monoisotopic (exact) mass is 304 g/mol. The lowest BCUT2D eigenvalue weighted by Gasteiger charge is -2.15. The Morgan fingerprint density at radius 3 is 2.29 bits per heavy atom. The molecule has 0 saturated carbocycles. The maximum atomic E-state index is 12.4. The molecule has 0 aliphatic heterocycles. The van der Waals surface area contributed by atoms with E-state index in [1.807, 2.05) is 0 Å². The summed E-state index contributed by atoms with van der Waals surface area (Å²) in [6.07, 6.45) is 0.632. The molecule has 1 aromatic carbocycles. The van der Waals surface area contributed by atoms with Crippen molar-refractivity contribution in [2.45, 2.75) is 13.0 Å².